The number of fused-ring (bicyclic) bond motifs is 2. The van der Waals surface area contributed by atoms with Gasteiger partial charge >= 0.3 is 5.97 Å². The van der Waals surface area contributed by atoms with Crippen molar-refractivity contribution in [1.82, 2.24) is 9.78 Å². The lowest BCUT2D eigenvalue weighted by molar-refractivity contribution is -0.119. The SMILES string of the molecule is O=C1Nc2cc(C(=O)O)ccc2/C1=C(\c1ccccc1)N(c1ccc2c(c1)CCN2C(=O)Cn1cccn1)C1CC1. The summed E-state index contributed by atoms with van der Waals surface area (Å²) >= 11 is 0. The van der Waals surface area contributed by atoms with Gasteiger partial charge in [0.15, 0.2) is 0 Å². The first kappa shape index (κ1) is 24.8. The van der Waals surface area contributed by atoms with Crippen LogP contribution in [-0.2, 0) is 22.6 Å². The molecule has 1 aromatic heterocycles. The van der Waals surface area contributed by atoms with Gasteiger partial charge in [-0.05, 0) is 66.8 Å². The molecule has 204 valence electrons. The number of hydrogen-bond donors (Lipinski definition) is 2. The molecule has 2 N–H and O–H groups in total. The lowest BCUT2D eigenvalue weighted by Crippen LogP contribution is -2.32. The van der Waals surface area contributed by atoms with Crippen molar-refractivity contribution in [1.29, 1.82) is 0 Å². The minimum atomic E-state index is -1.04. The van der Waals surface area contributed by atoms with Gasteiger partial charge in [-0.25, -0.2) is 4.79 Å². The summed E-state index contributed by atoms with van der Waals surface area (Å²) in [4.78, 5) is 42.3. The van der Waals surface area contributed by atoms with E-state index in [1.165, 1.54) is 12.1 Å². The van der Waals surface area contributed by atoms with E-state index >= 15 is 0 Å². The molecule has 41 heavy (non-hydrogen) atoms. The fourth-order valence-electron chi connectivity index (χ4n) is 5.81. The van der Waals surface area contributed by atoms with Crippen LogP contribution in [0.4, 0.5) is 17.1 Å². The maximum absolute atomic E-state index is 13.5. The van der Waals surface area contributed by atoms with Crippen molar-refractivity contribution in [3.8, 4) is 0 Å². The second kappa shape index (κ2) is 9.78. The first-order valence-corrected chi connectivity index (χ1v) is 13.7. The summed E-state index contributed by atoms with van der Waals surface area (Å²) < 4.78 is 1.63. The zero-order chi connectivity index (χ0) is 28.1. The summed E-state index contributed by atoms with van der Waals surface area (Å²) in [5.41, 5.74) is 6.45. The Labute approximate surface area is 236 Å². The molecular weight excluding hydrogens is 518 g/mol. The topological polar surface area (TPSA) is 108 Å². The Morgan fingerprint density at radius 1 is 1.00 bits per heavy atom. The lowest BCUT2D eigenvalue weighted by atomic mass is 9.97. The molecule has 2 aliphatic heterocycles. The Morgan fingerprint density at radius 3 is 2.56 bits per heavy atom. The molecule has 0 spiro atoms. The van der Waals surface area contributed by atoms with Gasteiger partial charge < -0.3 is 20.2 Å². The molecule has 9 heteroatoms. The second-order valence-electron chi connectivity index (χ2n) is 10.5. The quantitative estimate of drug-likeness (QED) is 0.327. The van der Waals surface area contributed by atoms with E-state index in [9.17, 15) is 19.5 Å². The van der Waals surface area contributed by atoms with Crippen LogP contribution >= 0.6 is 0 Å². The molecule has 0 radical (unpaired) electrons. The van der Waals surface area contributed by atoms with E-state index in [0.29, 0.717) is 23.4 Å². The number of aromatic nitrogens is 2. The zero-order valence-electron chi connectivity index (χ0n) is 22.2. The maximum atomic E-state index is 13.5. The molecule has 1 aliphatic carbocycles. The fraction of sp³-hybridized carbons (Fsp3) is 0.188. The molecule has 1 saturated carbocycles. The number of carboxylic acid groups (broad SMARTS) is 1. The van der Waals surface area contributed by atoms with Gasteiger partial charge in [0.05, 0.1) is 22.5 Å². The van der Waals surface area contributed by atoms with Gasteiger partial charge in [0.25, 0.3) is 5.91 Å². The van der Waals surface area contributed by atoms with Crippen LogP contribution in [0.5, 0.6) is 0 Å². The zero-order valence-corrected chi connectivity index (χ0v) is 22.2. The largest absolute Gasteiger partial charge is 0.478 e. The van der Waals surface area contributed by atoms with Crippen molar-refractivity contribution in [2.75, 3.05) is 21.7 Å². The van der Waals surface area contributed by atoms with E-state index in [0.717, 1.165) is 47.5 Å². The molecule has 9 nitrogen and oxygen atoms in total. The molecular formula is C32H27N5O4. The number of nitrogens with one attached hydrogen (secondary N) is 1. The summed E-state index contributed by atoms with van der Waals surface area (Å²) in [6.45, 7) is 0.793. The van der Waals surface area contributed by atoms with Crippen molar-refractivity contribution in [3.63, 3.8) is 0 Å². The monoisotopic (exact) mass is 545 g/mol. The Balaban J connectivity index is 1.32. The number of carbonyl (C=O) groups excluding carboxylic acids is 2. The van der Waals surface area contributed by atoms with Crippen molar-refractivity contribution >= 4 is 46.1 Å². The van der Waals surface area contributed by atoms with Crippen LogP contribution in [0.2, 0.25) is 0 Å². The Hall–Kier alpha value is -5.18. The number of anilines is 3. The van der Waals surface area contributed by atoms with Gasteiger partial charge in [0.2, 0.25) is 5.91 Å². The Morgan fingerprint density at radius 2 is 1.83 bits per heavy atom. The maximum Gasteiger partial charge on any atom is 0.335 e. The molecule has 3 aliphatic rings. The predicted molar refractivity (Wildman–Crippen MR) is 156 cm³/mol. The van der Waals surface area contributed by atoms with Gasteiger partial charge in [-0.1, -0.05) is 36.4 Å². The number of carboxylic acids is 1. The third-order valence-corrected chi connectivity index (χ3v) is 7.84. The normalized spacial score (nSPS) is 16.7. The molecule has 1 fully saturated rings. The van der Waals surface area contributed by atoms with Crippen LogP contribution < -0.4 is 15.1 Å². The van der Waals surface area contributed by atoms with Crippen LogP contribution in [0.1, 0.15) is 39.9 Å². The van der Waals surface area contributed by atoms with E-state index in [1.807, 2.05) is 47.4 Å². The summed E-state index contributed by atoms with van der Waals surface area (Å²) in [6, 6.07) is 22.8. The summed E-state index contributed by atoms with van der Waals surface area (Å²) in [6.07, 6.45) is 6.16. The smallest absolute Gasteiger partial charge is 0.335 e. The van der Waals surface area contributed by atoms with Crippen LogP contribution in [0.15, 0.2) is 85.2 Å². The molecule has 0 atom stereocenters. The highest BCUT2D eigenvalue weighted by atomic mass is 16.4. The molecule has 3 aromatic carbocycles. The lowest BCUT2D eigenvalue weighted by Gasteiger charge is -2.30. The predicted octanol–water partition coefficient (Wildman–Crippen LogP) is 4.66. The van der Waals surface area contributed by atoms with E-state index in [1.54, 1.807) is 29.2 Å². The summed E-state index contributed by atoms with van der Waals surface area (Å²) in [5.74, 6) is -1.31. The molecule has 4 aromatic rings. The minimum absolute atomic E-state index is 0.00805. The molecule has 0 saturated heterocycles. The highest BCUT2D eigenvalue weighted by Gasteiger charge is 2.38. The number of aromatic carboxylic acids is 1. The van der Waals surface area contributed by atoms with Gasteiger partial charge in [-0.15, -0.1) is 0 Å². The van der Waals surface area contributed by atoms with Gasteiger partial charge in [-0.3, -0.25) is 14.3 Å². The van der Waals surface area contributed by atoms with E-state index < -0.39 is 5.97 Å². The van der Waals surface area contributed by atoms with Crippen molar-refractivity contribution in [2.24, 2.45) is 0 Å². The minimum Gasteiger partial charge on any atom is -0.478 e. The van der Waals surface area contributed by atoms with Crippen LogP contribution in [0.3, 0.4) is 0 Å². The Kier molecular flexibility index (Phi) is 5.92. The van der Waals surface area contributed by atoms with Gasteiger partial charge in [0, 0.05) is 41.9 Å². The summed E-state index contributed by atoms with van der Waals surface area (Å²) in [7, 11) is 0. The van der Waals surface area contributed by atoms with Gasteiger partial charge in [-0.2, -0.15) is 5.10 Å². The van der Waals surface area contributed by atoms with Crippen molar-refractivity contribution in [2.45, 2.75) is 31.8 Å². The molecule has 7 rings (SSSR count). The van der Waals surface area contributed by atoms with Crippen LogP contribution in [0.25, 0.3) is 11.3 Å². The van der Waals surface area contributed by atoms with Crippen molar-refractivity contribution < 1.29 is 19.5 Å². The first-order valence-electron chi connectivity index (χ1n) is 13.7. The number of carbonyl (C=O) groups is 3. The highest BCUT2D eigenvalue weighted by Crippen LogP contribution is 2.46. The van der Waals surface area contributed by atoms with E-state index in [2.05, 4.69) is 21.4 Å². The fourth-order valence-corrected chi connectivity index (χ4v) is 5.81. The number of amides is 2. The Bertz CT molecular complexity index is 1720. The third kappa shape index (κ3) is 4.45. The van der Waals surface area contributed by atoms with Gasteiger partial charge in [0.1, 0.15) is 6.54 Å². The first-order chi connectivity index (χ1) is 20.0. The standard InChI is InChI=1S/C32H27N5O4/c38-28(19-35-15-4-14-33-35)36-16-13-21-17-24(10-12-27(21)36)37(23-8-9-23)30(20-5-2-1-3-6-20)29-25-11-7-22(32(40)41)18-26(25)34-31(29)39/h1-7,10-12,14-15,17-18,23H,8-9,13,16,19H2,(H,34,39)(H,40,41)/b30-29-. The molecule has 3 heterocycles. The van der Waals surface area contributed by atoms with E-state index in [-0.39, 0.29) is 30.0 Å². The average Bonchev–Trinajstić information content (AvgIpc) is 3.35. The number of hydrogen-bond acceptors (Lipinski definition) is 5. The van der Waals surface area contributed by atoms with E-state index in [4.69, 9.17) is 0 Å². The van der Waals surface area contributed by atoms with Crippen LogP contribution in [0, 0.1) is 0 Å². The number of rotatable bonds is 7. The number of nitrogens with zero attached hydrogens (tertiary/aromatic N) is 4. The average molecular weight is 546 g/mol. The number of benzene rings is 3. The second-order valence-corrected chi connectivity index (χ2v) is 10.5. The summed E-state index contributed by atoms with van der Waals surface area (Å²) in [5, 5.41) is 16.5. The molecule has 0 bridgehead atoms. The molecule has 0 unspecified atom stereocenters. The van der Waals surface area contributed by atoms with Crippen LogP contribution in [-0.4, -0.2) is 45.3 Å². The van der Waals surface area contributed by atoms with Crippen molar-refractivity contribution in [3.05, 3.63) is 107 Å². The highest BCUT2D eigenvalue weighted by molar-refractivity contribution is 6.37. The molecule has 2 amide bonds. The third-order valence-electron chi connectivity index (χ3n) is 7.84.